The quantitative estimate of drug-likeness (QED) is 0.859. The van der Waals surface area contributed by atoms with E-state index in [9.17, 15) is 4.79 Å². The van der Waals surface area contributed by atoms with Crippen LogP contribution in [-0.2, 0) is 6.42 Å². The van der Waals surface area contributed by atoms with E-state index >= 15 is 0 Å². The fourth-order valence-corrected chi connectivity index (χ4v) is 2.87. The summed E-state index contributed by atoms with van der Waals surface area (Å²) in [7, 11) is 4.01. The molecule has 0 spiro atoms. The van der Waals surface area contributed by atoms with Gasteiger partial charge in [-0.3, -0.25) is 4.90 Å². The van der Waals surface area contributed by atoms with Gasteiger partial charge in [-0.05, 0) is 38.2 Å². The van der Waals surface area contributed by atoms with Crippen LogP contribution in [-0.4, -0.2) is 80.6 Å². The molecule has 0 atom stereocenters. The van der Waals surface area contributed by atoms with Gasteiger partial charge in [0.1, 0.15) is 0 Å². The Bertz CT molecular complexity index is 501. The van der Waals surface area contributed by atoms with E-state index in [1.54, 1.807) is 0 Å². The first-order chi connectivity index (χ1) is 11.0. The van der Waals surface area contributed by atoms with Crippen LogP contribution in [0.25, 0.3) is 0 Å². The average molecular weight is 339 g/mol. The third-order valence-electron chi connectivity index (χ3n) is 4.10. The number of likely N-dealkylation sites (N-methyl/N-ethyl adjacent to an activating group) is 1. The maximum atomic E-state index is 12.1. The second kappa shape index (κ2) is 9.11. The number of piperazine rings is 1. The van der Waals surface area contributed by atoms with Crippen LogP contribution >= 0.6 is 11.6 Å². The first-order valence-corrected chi connectivity index (χ1v) is 8.56. The molecule has 0 radical (unpaired) electrons. The molecule has 6 heteroatoms. The number of hydrogen-bond donors (Lipinski definition) is 1. The maximum Gasteiger partial charge on any atom is 0.317 e. The van der Waals surface area contributed by atoms with Crippen LogP contribution in [0.5, 0.6) is 0 Å². The summed E-state index contributed by atoms with van der Waals surface area (Å²) < 4.78 is 0. The monoisotopic (exact) mass is 338 g/mol. The first-order valence-electron chi connectivity index (χ1n) is 8.19. The van der Waals surface area contributed by atoms with Gasteiger partial charge in [0.2, 0.25) is 0 Å². The lowest BCUT2D eigenvalue weighted by molar-refractivity contribution is 0.139. The van der Waals surface area contributed by atoms with Crippen LogP contribution in [0.15, 0.2) is 24.3 Å². The number of nitrogens with one attached hydrogen (secondary N) is 1. The second-order valence-electron chi connectivity index (χ2n) is 6.24. The number of carbonyl (C=O) groups is 1. The van der Waals surface area contributed by atoms with Gasteiger partial charge in [-0.15, -0.1) is 0 Å². The number of urea groups is 1. The highest BCUT2D eigenvalue weighted by Gasteiger charge is 2.20. The van der Waals surface area contributed by atoms with Crippen molar-refractivity contribution >= 4 is 17.6 Å². The standard InChI is InChI=1S/C17H27ClN4O/c1-20(2)9-7-19-17(23)22-12-10-21(11-13-22)8-6-15-4-3-5-16(18)14-15/h3-5,14H,6-13H2,1-2H3,(H,19,23). The smallest absolute Gasteiger partial charge is 0.317 e. The van der Waals surface area contributed by atoms with Crippen LogP contribution < -0.4 is 5.32 Å². The van der Waals surface area contributed by atoms with Crippen LogP contribution in [0.2, 0.25) is 5.02 Å². The van der Waals surface area contributed by atoms with Gasteiger partial charge >= 0.3 is 6.03 Å². The predicted molar refractivity (Wildman–Crippen MR) is 95.1 cm³/mol. The molecule has 0 bridgehead atoms. The van der Waals surface area contributed by atoms with Crippen molar-refractivity contribution in [1.29, 1.82) is 0 Å². The summed E-state index contributed by atoms with van der Waals surface area (Å²) in [6, 6.07) is 8.09. The lowest BCUT2D eigenvalue weighted by Crippen LogP contribution is -2.52. The molecule has 0 aromatic heterocycles. The van der Waals surface area contributed by atoms with Gasteiger partial charge in [0, 0.05) is 50.8 Å². The van der Waals surface area contributed by atoms with Crippen molar-refractivity contribution in [2.45, 2.75) is 6.42 Å². The highest BCUT2D eigenvalue weighted by atomic mass is 35.5. The zero-order chi connectivity index (χ0) is 16.7. The molecule has 23 heavy (non-hydrogen) atoms. The van der Waals surface area contributed by atoms with Gasteiger partial charge in [-0.1, -0.05) is 23.7 Å². The summed E-state index contributed by atoms with van der Waals surface area (Å²) in [5.74, 6) is 0. The van der Waals surface area contributed by atoms with E-state index in [0.717, 1.165) is 50.7 Å². The van der Waals surface area contributed by atoms with Gasteiger partial charge < -0.3 is 15.1 Å². The Morgan fingerprint density at radius 3 is 2.65 bits per heavy atom. The zero-order valence-electron chi connectivity index (χ0n) is 14.1. The number of hydrogen-bond acceptors (Lipinski definition) is 3. The highest BCUT2D eigenvalue weighted by molar-refractivity contribution is 6.30. The minimum Gasteiger partial charge on any atom is -0.337 e. The molecule has 2 rings (SSSR count). The Labute approximate surface area is 144 Å². The molecule has 1 aliphatic heterocycles. The SMILES string of the molecule is CN(C)CCNC(=O)N1CCN(CCc2cccc(Cl)c2)CC1. The minimum atomic E-state index is 0.0568. The summed E-state index contributed by atoms with van der Waals surface area (Å²) in [5.41, 5.74) is 1.27. The van der Waals surface area contributed by atoms with Gasteiger partial charge in [0.05, 0.1) is 0 Å². The summed E-state index contributed by atoms with van der Waals surface area (Å²) in [6.45, 7) is 6.03. The highest BCUT2D eigenvalue weighted by Crippen LogP contribution is 2.12. The summed E-state index contributed by atoms with van der Waals surface area (Å²) in [4.78, 5) is 18.4. The molecule has 0 saturated carbocycles. The van der Waals surface area contributed by atoms with Crippen LogP contribution in [0.1, 0.15) is 5.56 Å². The van der Waals surface area contributed by atoms with E-state index in [2.05, 4.69) is 21.2 Å². The van der Waals surface area contributed by atoms with Gasteiger partial charge in [-0.2, -0.15) is 0 Å². The lowest BCUT2D eigenvalue weighted by Gasteiger charge is -2.34. The van der Waals surface area contributed by atoms with Crippen molar-refractivity contribution in [1.82, 2.24) is 20.0 Å². The molecule has 1 fully saturated rings. The number of nitrogens with zero attached hydrogens (tertiary/aromatic N) is 3. The molecule has 1 aromatic rings. The third kappa shape index (κ3) is 6.37. The molecule has 1 aromatic carbocycles. The van der Waals surface area contributed by atoms with Gasteiger partial charge in [-0.25, -0.2) is 4.79 Å². The fourth-order valence-electron chi connectivity index (χ4n) is 2.65. The molecular weight excluding hydrogens is 312 g/mol. The summed E-state index contributed by atoms with van der Waals surface area (Å²) in [5, 5.41) is 3.77. The van der Waals surface area contributed by atoms with Crippen molar-refractivity contribution in [2.24, 2.45) is 0 Å². The Hall–Kier alpha value is -1.30. The number of carbonyl (C=O) groups excluding carboxylic acids is 1. The molecule has 1 saturated heterocycles. The van der Waals surface area contributed by atoms with E-state index in [-0.39, 0.29) is 6.03 Å². The number of amides is 2. The third-order valence-corrected chi connectivity index (χ3v) is 4.34. The lowest BCUT2D eigenvalue weighted by atomic mass is 10.1. The summed E-state index contributed by atoms with van der Waals surface area (Å²) in [6.07, 6.45) is 0.996. The van der Waals surface area contributed by atoms with E-state index in [1.807, 2.05) is 37.2 Å². The first kappa shape index (κ1) is 18.0. The Morgan fingerprint density at radius 1 is 1.26 bits per heavy atom. The van der Waals surface area contributed by atoms with E-state index in [1.165, 1.54) is 5.56 Å². The molecule has 1 N–H and O–H groups in total. The molecule has 5 nitrogen and oxygen atoms in total. The topological polar surface area (TPSA) is 38.8 Å². The second-order valence-corrected chi connectivity index (χ2v) is 6.68. The average Bonchev–Trinajstić information content (AvgIpc) is 2.53. The molecule has 1 aliphatic rings. The van der Waals surface area contributed by atoms with E-state index < -0.39 is 0 Å². The van der Waals surface area contributed by atoms with Crippen molar-refractivity contribution in [3.8, 4) is 0 Å². The summed E-state index contributed by atoms with van der Waals surface area (Å²) >= 11 is 6.01. The van der Waals surface area contributed by atoms with Crippen molar-refractivity contribution in [3.63, 3.8) is 0 Å². The number of benzene rings is 1. The van der Waals surface area contributed by atoms with Crippen LogP contribution in [0.3, 0.4) is 0 Å². The fraction of sp³-hybridized carbons (Fsp3) is 0.588. The van der Waals surface area contributed by atoms with Crippen molar-refractivity contribution in [3.05, 3.63) is 34.9 Å². The number of rotatable bonds is 6. The van der Waals surface area contributed by atoms with Crippen LogP contribution in [0, 0.1) is 0 Å². The predicted octanol–water partition coefficient (Wildman–Crippen LogP) is 1.77. The number of halogens is 1. The normalized spacial score (nSPS) is 15.9. The Balaban J connectivity index is 1.66. The maximum absolute atomic E-state index is 12.1. The van der Waals surface area contributed by atoms with Gasteiger partial charge in [0.15, 0.2) is 0 Å². The van der Waals surface area contributed by atoms with Crippen molar-refractivity contribution in [2.75, 3.05) is 59.9 Å². The van der Waals surface area contributed by atoms with Gasteiger partial charge in [0.25, 0.3) is 0 Å². The minimum absolute atomic E-state index is 0.0568. The Morgan fingerprint density at radius 2 is 2.00 bits per heavy atom. The van der Waals surface area contributed by atoms with E-state index in [0.29, 0.717) is 6.54 Å². The molecule has 0 unspecified atom stereocenters. The Kier molecular flexibility index (Phi) is 7.15. The van der Waals surface area contributed by atoms with E-state index in [4.69, 9.17) is 11.6 Å². The largest absolute Gasteiger partial charge is 0.337 e. The molecule has 0 aliphatic carbocycles. The molecule has 128 valence electrons. The molecular formula is C17H27ClN4O. The zero-order valence-corrected chi connectivity index (χ0v) is 14.9. The van der Waals surface area contributed by atoms with Crippen molar-refractivity contribution < 1.29 is 4.79 Å². The van der Waals surface area contributed by atoms with Crippen LogP contribution in [0.4, 0.5) is 4.79 Å². The molecule has 1 heterocycles. The molecule has 2 amide bonds.